The van der Waals surface area contributed by atoms with Crippen molar-refractivity contribution in [3.05, 3.63) is 27.8 Å². The van der Waals surface area contributed by atoms with Crippen LogP contribution in [0.1, 0.15) is 24.2 Å². The van der Waals surface area contributed by atoms with Gasteiger partial charge in [0.25, 0.3) is 5.69 Å². The number of nitro benzene ring substituents is 1. The normalized spacial score (nSPS) is 15.7. The quantitative estimate of drug-likeness (QED) is 0.500. The van der Waals surface area contributed by atoms with Crippen molar-refractivity contribution in [1.29, 1.82) is 0 Å². The highest BCUT2D eigenvalue weighted by atomic mass is 16.6. The number of esters is 1. The second-order valence-corrected chi connectivity index (χ2v) is 4.91. The van der Waals surface area contributed by atoms with Crippen LogP contribution in [0.25, 0.3) is 0 Å². The van der Waals surface area contributed by atoms with Gasteiger partial charge in [-0.3, -0.25) is 10.1 Å². The monoisotopic (exact) mass is 266 g/mol. The van der Waals surface area contributed by atoms with Crippen LogP contribution in [0, 0.1) is 10.1 Å². The molecule has 0 aromatic heterocycles. The van der Waals surface area contributed by atoms with Gasteiger partial charge in [-0.2, -0.15) is 0 Å². The molecule has 1 aromatic carbocycles. The number of carbonyl (C=O) groups excluding carboxylic acids is 1. The molecule has 7 nitrogen and oxygen atoms in total. The average Bonchev–Trinajstić information content (AvgIpc) is 2.35. The number of benzene rings is 1. The van der Waals surface area contributed by atoms with Crippen molar-refractivity contribution in [2.45, 2.75) is 19.4 Å². The van der Waals surface area contributed by atoms with Crippen LogP contribution in [-0.4, -0.2) is 30.1 Å². The van der Waals surface area contributed by atoms with E-state index >= 15 is 0 Å². The van der Waals surface area contributed by atoms with E-state index in [0.717, 1.165) is 0 Å². The smallest absolute Gasteiger partial charge is 0.338 e. The minimum atomic E-state index is -0.640. The molecule has 0 radical (unpaired) electrons. The number of rotatable bonds is 2. The van der Waals surface area contributed by atoms with Crippen molar-refractivity contribution in [3.63, 3.8) is 0 Å². The lowest BCUT2D eigenvalue weighted by atomic mass is 10.0. The Labute approximate surface area is 109 Å². The molecule has 0 spiro atoms. The van der Waals surface area contributed by atoms with E-state index in [-0.39, 0.29) is 22.7 Å². The van der Waals surface area contributed by atoms with Crippen LogP contribution in [0.2, 0.25) is 0 Å². The van der Waals surface area contributed by atoms with E-state index in [0.29, 0.717) is 6.61 Å². The summed E-state index contributed by atoms with van der Waals surface area (Å²) in [5.74, 6) is -0.353. The second kappa shape index (κ2) is 4.42. The summed E-state index contributed by atoms with van der Waals surface area (Å²) in [6.07, 6.45) is 0. The lowest BCUT2D eigenvalue weighted by Crippen LogP contribution is -2.41. The summed E-state index contributed by atoms with van der Waals surface area (Å²) in [5, 5.41) is 14.2. The molecular formula is C12H14N2O5. The molecule has 0 fully saturated rings. The van der Waals surface area contributed by atoms with Gasteiger partial charge in [0.1, 0.15) is 6.61 Å². The number of fused-ring (bicyclic) bond motifs is 1. The van der Waals surface area contributed by atoms with Crippen molar-refractivity contribution in [3.8, 4) is 5.75 Å². The maximum absolute atomic E-state index is 11.5. The molecule has 0 amide bonds. The minimum absolute atomic E-state index is 0.0921. The molecule has 7 heteroatoms. The fourth-order valence-corrected chi connectivity index (χ4v) is 1.85. The fourth-order valence-electron chi connectivity index (χ4n) is 1.85. The summed E-state index contributed by atoms with van der Waals surface area (Å²) in [5.41, 5.74) is -0.237. The number of ether oxygens (including phenoxy) is 2. The lowest BCUT2D eigenvalue weighted by Gasteiger charge is -2.33. The van der Waals surface area contributed by atoms with Gasteiger partial charge in [-0.05, 0) is 19.9 Å². The number of nitro groups is 1. The third kappa shape index (κ3) is 2.44. The molecule has 19 heavy (non-hydrogen) atoms. The van der Waals surface area contributed by atoms with E-state index in [4.69, 9.17) is 4.74 Å². The predicted octanol–water partition coefficient (Wildman–Crippen LogP) is 1.96. The van der Waals surface area contributed by atoms with Gasteiger partial charge >= 0.3 is 5.97 Å². The van der Waals surface area contributed by atoms with Crippen LogP contribution >= 0.6 is 0 Å². The van der Waals surface area contributed by atoms with E-state index in [1.165, 1.54) is 19.2 Å². The van der Waals surface area contributed by atoms with E-state index in [9.17, 15) is 14.9 Å². The van der Waals surface area contributed by atoms with E-state index in [1.54, 1.807) is 0 Å². The van der Waals surface area contributed by atoms with Gasteiger partial charge in [-0.15, -0.1) is 0 Å². The Bertz CT molecular complexity index is 553. The maximum atomic E-state index is 11.5. The highest BCUT2D eigenvalue weighted by Gasteiger charge is 2.32. The molecule has 102 valence electrons. The molecule has 1 aliphatic rings. The molecule has 0 aliphatic carbocycles. The third-order valence-corrected chi connectivity index (χ3v) is 2.75. The SMILES string of the molecule is COC(=O)c1cc2c(c([N+](=O)[O-])c1)NC(C)(C)CO2. The van der Waals surface area contributed by atoms with Crippen molar-refractivity contribution in [1.82, 2.24) is 0 Å². The molecular weight excluding hydrogens is 252 g/mol. The largest absolute Gasteiger partial charge is 0.489 e. The van der Waals surface area contributed by atoms with Crippen LogP contribution in [0.4, 0.5) is 11.4 Å². The van der Waals surface area contributed by atoms with Crippen LogP contribution in [0.5, 0.6) is 5.75 Å². The Morgan fingerprint density at radius 2 is 2.21 bits per heavy atom. The second-order valence-electron chi connectivity index (χ2n) is 4.91. The van der Waals surface area contributed by atoms with Gasteiger partial charge in [0.2, 0.25) is 0 Å². The van der Waals surface area contributed by atoms with Crippen molar-refractivity contribution in [2.75, 3.05) is 19.0 Å². The van der Waals surface area contributed by atoms with E-state index < -0.39 is 16.4 Å². The van der Waals surface area contributed by atoms with Crippen LogP contribution in [0.15, 0.2) is 12.1 Å². The van der Waals surface area contributed by atoms with Crippen molar-refractivity contribution >= 4 is 17.3 Å². The van der Waals surface area contributed by atoms with Crippen LogP contribution in [-0.2, 0) is 4.74 Å². The Kier molecular flexibility index (Phi) is 3.05. The highest BCUT2D eigenvalue weighted by Crippen LogP contribution is 2.40. The molecule has 0 unspecified atom stereocenters. The molecule has 2 rings (SSSR count). The Morgan fingerprint density at radius 1 is 1.53 bits per heavy atom. The number of nitrogens with zero attached hydrogens (tertiary/aromatic N) is 1. The molecule has 0 atom stereocenters. The zero-order valence-corrected chi connectivity index (χ0v) is 10.9. The summed E-state index contributed by atoms with van der Waals surface area (Å²) in [6, 6.07) is 2.62. The number of hydrogen-bond acceptors (Lipinski definition) is 6. The number of nitrogens with one attached hydrogen (secondary N) is 1. The number of methoxy groups -OCH3 is 1. The van der Waals surface area contributed by atoms with Crippen LogP contribution < -0.4 is 10.1 Å². The zero-order valence-electron chi connectivity index (χ0n) is 10.9. The summed E-state index contributed by atoms with van der Waals surface area (Å²) >= 11 is 0. The zero-order chi connectivity index (χ0) is 14.2. The van der Waals surface area contributed by atoms with Gasteiger partial charge in [0, 0.05) is 6.07 Å². The first-order valence-electron chi connectivity index (χ1n) is 5.66. The van der Waals surface area contributed by atoms with Gasteiger partial charge in [0.15, 0.2) is 11.4 Å². The predicted molar refractivity (Wildman–Crippen MR) is 67.6 cm³/mol. The lowest BCUT2D eigenvalue weighted by molar-refractivity contribution is -0.384. The maximum Gasteiger partial charge on any atom is 0.338 e. The highest BCUT2D eigenvalue weighted by molar-refractivity contribution is 5.93. The molecule has 1 aromatic rings. The van der Waals surface area contributed by atoms with E-state index in [1.807, 2.05) is 13.8 Å². The number of hydrogen-bond donors (Lipinski definition) is 1. The van der Waals surface area contributed by atoms with Gasteiger partial charge in [0.05, 0.1) is 23.1 Å². The minimum Gasteiger partial charge on any atom is -0.489 e. The third-order valence-electron chi connectivity index (χ3n) is 2.75. The fraction of sp³-hybridized carbons (Fsp3) is 0.417. The molecule has 1 N–H and O–H groups in total. The van der Waals surface area contributed by atoms with Gasteiger partial charge in [-0.1, -0.05) is 0 Å². The Balaban J connectivity index is 2.57. The van der Waals surface area contributed by atoms with Gasteiger partial charge in [-0.25, -0.2) is 4.79 Å². The Morgan fingerprint density at radius 3 is 2.79 bits per heavy atom. The first-order valence-corrected chi connectivity index (χ1v) is 5.66. The Hall–Kier alpha value is -2.31. The molecule has 0 saturated carbocycles. The van der Waals surface area contributed by atoms with Crippen molar-refractivity contribution in [2.24, 2.45) is 0 Å². The summed E-state index contributed by atoms with van der Waals surface area (Å²) in [7, 11) is 1.22. The first-order chi connectivity index (χ1) is 8.84. The topological polar surface area (TPSA) is 90.7 Å². The molecule has 0 saturated heterocycles. The number of carbonyl (C=O) groups is 1. The van der Waals surface area contributed by atoms with Crippen LogP contribution in [0.3, 0.4) is 0 Å². The molecule has 0 bridgehead atoms. The average molecular weight is 266 g/mol. The van der Waals surface area contributed by atoms with Crippen molar-refractivity contribution < 1.29 is 19.2 Å². The van der Waals surface area contributed by atoms with E-state index in [2.05, 4.69) is 10.1 Å². The molecule has 1 aliphatic heterocycles. The number of anilines is 1. The summed E-state index contributed by atoms with van der Waals surface area (Å²) in [6.45, 7) is 4.09. The first kappa shape index (κ1) is 13.1. The summed E-state index contributed by atoms with van der Waals surface area (Å²) < 4.78 is 10.1. The summed E-state index contributed by atoms with van der Waals surface area (Å²) in [4.78, 5) is 22.0. The molecule has 1 heterocycles. The standard InChI is InChI=1S/C12H14N2O5/c1-12(2)6-19-9-5-7(11(15)18-3)4-8(14(16)17)10(9)13-12/h4-5,13H,6H2,1-3H3. The van der Waals surface area contributed by atoms with Gasteiger partial charge < -0.3 is 14.8 Å².